The van der Waals surface area contributed by atoms with E-state index in [0.29, 0.717) is 23.1 Å². The Balaban J connectivity index is 2.18. The van der Waals surface area contributed by atoms with Gasteiger partial charge in [0.05, 0.1) is 31.9 Å². The van der Waals surface area contributed by atoms with E-state index in [4.69, 9.17) is 9.47 Å². The molecule has 6 nitrogen and oxygen atoms in total. The van der Waals surface area contributed by atoms with Crippen molar-refractivity contribution in [1.29, 1.82) is 0 Å². The molecule has 0 saturated heterocycles. The zero-order valence-electron chi connectivity index (χ0n) is 20.1. The van der Waals surface area contributed by atoms with Gasteiger partial charge in [0.1, 0.15) is 11.3 Å². The first kappa shape index (κ1) is 24.5. The third kappa shape index (κ3) is 5.28. The number of methoxy groups -OCH3 is 1. The molecular weight excluding hydrogens is 418 g/mol. The minimum absolute atomic E-state index is 0.0295. The summed E-state index contributed by atoms with van der Waals surface area (Å²) < 4.78 is 12.6. The summed E-state index contributed by atoms with van der Waals surface area (Å²) in [6, 6.07) is 11.7. The Morgan fingerprint density at radius 2 is 1.82 bits per heavy atom. The van der Waals surface area contributed by atoms with Crippen LogP contribution in [-0.2, 0) is 17.6 Å². The number of carbonyl (C=O) groups excluding carboxylic acids is 1. The van der Waals surface area contributed by atoms with E-state index in [1.54, 1.807) is 18.6 Å². The highest BCUT2D eigenvalue weighted by Crippen LogP contribution is 2.30. The summed E-state index contributed by atoms with van der Waals surface area (Å²) in [7, 11) is 1.61. The Kier molecular flexibility index (Phi) is 7.92. The van der Waals surface area contributed by atoms with Gasteiger partial charge in [0.15, 0.2) is 0 Å². The predicted octanol–water partition coefficient (Wildman–Crippen LogP) is 4.47. The van der Waals surface area contributed by atoms with Gasteiger partial charge in [-0.1, -0.05) is 43.7 Å². The topological polar surface area (TPSA) is 77.8 Å². The molecule has 2 aromatic carbocycles. The van der Waals surface area contributed by atoms with E-state index in [9.17, 15) is 14.7 Å². The van der Waals surface area contributed by atoms with Crippen molar-refractivity contribution >= 4 is 16.9 Å². The first-order valence-electron chi connectivity index (χ1n) is 11.4. The number of ether oxygens (including phenoxy) is 2. The maximum absolute atomic E-state index is 13.3. The number of nitrogens with zero attached hydrogens (tertiary/aromatic N) is 1. The number of benzene rings is 2. The van der Waals surface area contributed by atoms with E-state index in [-0.39, 0.29) is 36.2 Å². The fourth-order valence-corrected chi connectivity index (χ4v) is 4.09. The number of aryl methyl sites for hydroxylation is 3. The van der Waals surface area contributed by atoms with Crippen LogP contribution < -0.4 is 10.2 Å². The molecule has 3 rings (SSSR count). The van der Waals surface area contributed by atoms with Gasteiger partial charge in [-0.15, -0.1) is 0 Å². The van der Waals surface area contributed by atoms with Crippen LogP contribution in [0.4, 0.5) is 0 Å². The second-order valence-electron chi connectivity index (χ2n) is 8.66. The fraction of sp³-hybridized carbons (Fsp3) is 0.407. The molecule has 0 spiro atoms. The van der Waals surface area contributed by atoms with E-state index in [1.165, 1.54) is 17.3 Å². The number of pyridine rings is 1. The van der Waals surface area contributed by atoms with Crippen LogP contribution in [0, 0.1) is 12.8 Å². The van der Waals surface area contributed by atoms with Crippen LogP contribution >= 0.6 is 0 Å². The summed E-state index contributed by atoms with van der Waals surface area (Å²) in [5.74, 6) is 0.0886. The van der Waals surface area contributed by atoms with Gasteiger partial charge in [0.25, 0.3) is 0 Å². The van der Waals surface area contributed by atoms with Crippen LogP contribution in [0.1, 0.15) is 53.9 Å². The third-order valence-corrected chi connectivity index (χ3v) is 6.05. The van der Waals surface area contributed by atoms with Crippen LogP contribution in [0.5, 0.6) is 5.75 Å². The standard InChI is InChI=1S/C27H33NO5/c1-6-33-27(31)22-15-28(24(16-29)17(2)3)23-14-25(32-5)20(13-21(23)26(22)30)12-11-19-9-7-18(4)8-10-19/h7-10,13-15,17,24,29H,6,11-12,16H2,1-5H3/t24-/m1/s1. The number of carbonyl (C=O) groups is 1. The Morgan fingerprint density at radius 3 is 2.39 bits per heavy atom. The van der Waals surface area contributed by atoms with Gasteiger partial charge in [-0.3, -0.25) is 4.79 Å². The molecule has 1 N–H and O–H groups in total. The van der Waals surface area contributed by atoms with Crippen LogP contribution in [0.3, 0.4) is 0 Å². The zero-order valence-corrected chi connectivity index (χ0v) is 20.1. The summed E-state index contributed by atoms with van der Waals surface area (Å²) >= 11 is 0. The van der Waals surface area contributed by atoms with Crippen LogP contribution in [0.15, 0.2) is 47.4 Å². The molecule has 3 aromatic rings. The quantitative estimate of drug-likeness (QED) is 0.486. The highest BCUT2D eigenvalue weighted by molar-refractivity contribution is 5.94. The monoisotopic (exact) mass is 451 g/mol. The molecule has 1 heterocycles. The molecule has 0 fully saturated rings. The second kappa shape index (κ2) is 10.7. The average Bonchev–Trinajstić information content (AvgIpc) is 2.80. The number of esters is 1. The normalized spacial score (nSPS) is 12.2. The molecule has 0 saturated carbocycles. The first-order chi connectivity index (χ1) is 15.8. The fourth-order valence-electron chi connectivity index (χ4n) is 4.09. The van der Waals surface area contributed by atoms with E-state index < -0.39 is 5.97 Å². The maximum atomic E-state index is 13.3. The van der Waals surface area contributed by atoms with Gasteiger partial charge >= 0.3 is 5.97 Å². The number of aliphatic hydroxyl groups excluding tert-OH is 1. The van der Waals surface area contributed by atoms with Crippen molar-refractivity contribution in [3.63, 3.8) is 0 Å². The molecule has 0 unspecified atom stereocenters. The summed E-state index contributed by atoms with van der Waals surface area (Å²) in [5.41, 5.74) is 3.51. The van der Waals surface area contributed by atoms with Gasteiger partial charge in [-0.2, -0.15) is 0 Å². The van der Waals surface area contributed by atoms with Crippen molar-refractivity contribution in [2.45, 2.75) is 46.6 Å². The van der Waals surface area contributed by atoms with Gasteiger partial charge in [0, 0.05) is 17.6 Å². The molecule has 0 aliphatic heterocycles. The molecular formula is C27H33NO5. The van der Waals surface area contributed by atoms with E-state index in [2.05, 4.69) is 31.2 Å². The van der Waals surface area contributed by atoms with Gasteiger partial charge < -0.3 is 19.1 Å². The van der Waals surface area contributed by atoms with E-state index in [1.807, 2.05) is 26.0 Å². The number of fused-ring (bicyclic) bond motifs is 1. The zero-order chi connectivity index (χ0) is 24.1. The Hall–Kier alpha value is -3.12. The molecule has 6 heteroatoms. The highest BCUT2D eigenvalue weighted by Gasteiger charge is 2.23. The molecule has 0 bridgehead atoms. The number of aromatic nitrogens is 1. The summed E-state index contributed by atoms with van der Waals surface area (Å²) in [6.45, 7) is 7.78. The lowest BCUT2D eigenvalue weighted by molar-refractivity contribution is 0.0523. The molecule has 0 amide bonds. The summed E-state index contributed by atoms with van der Waals surface area (Å²) in [5, 5.41) is 10.5. The summed E-state index contributed by atoms with van der Waals surface area (Å²) in [6.07, 6.45) is 2.98. The first-order valence-corrected chi connectivity index (χ1v) is 11.4. The molecule has 33 heavy (non-hydrogen) atoms. The number of rotatable bonds is 9. The van der Waals surface area contributed by atoms with Gasteiger partial charge in [0.2, 0.25) is 5.43 Å². The number of hydrogen-bond acceptors (Lipinski definition) is 5. The lowest BCUT2D eigenvalue weighted by atomic mass is 9.98. The lowest BCUT2D eigenvalue weighted by Gasteiger charge is -2.25. The molecule has 0 aliphatic carbocycles. The van der Waals surface area contributed by atoms with Crippen molar-refractivity contribution < 1.29 is 19.4 Å². The number of hydrogen-bond donors (Lipinski definition) is 1. The third-order valence-electron chi connectivity index (χ3n) is 6.05. The SMILES string of the molecule is CCOC(=O)c1cn([C@H](CO)C(C)C)c2cc(OC)c(CCc3ccc(C)cc3)cc2c1=O. The molecule has 1 atom stereocenters. The minimum Gasteiger partial charge on any atom is -0.496 e. The minimum atomic E-state index is -0.657. The Morgan fingerprint density at radius 1 is 1.12 bits per heavy atom. The average molecular weight is 452 g/mol. The second-order valence-corrected chi connectivity index (χ2v) is 8.66. The number of aliphatic hydroxyl groups is 1. The van der Waals surface area contributed by atoms with Crippen molar-refractivity contribution in [3.05, 3.63) is 75.1 Å². The van der Waals surface area contributed by atoms with Crippen molar-refractivity contribution in [1.82, 2.24) is 4.57 Å². The van der Waals surface area contributed by atoms with Crippen LogP contribution in [0.25, 0.3) is 10.9 Å². The Bertz CT molecular complexity index is 1180. The van der Waals surface area contributed by atoms with Crippen molar-refractivity contribution in [3.8, 4) is 5.75 Å². The van der Waals surface area contributed by atoms with Crippen LogP contribution in [-0.4, -0.2) is 36.0 Å². The van der Waals surface area contributed by atoms with E-state index >= 15 is 0 Å². The van der Waals surface area contributed by atoms with Crippen molar-refractivity contribution in [2.75, 3.05) is 20.3 Å². The largest absolute Gasteiger partial charge is 0.496 e. The highest BCUT2D eigenvalue weighted by atomic mass is 16.5. The van der Waals surface area contributed by atoms with Gasteiger partial charge in [-0.25, -0.2) is 4.79 Å². The molecule has 176 valence electrons. The maximum Gasteiger partial charge on any atom is 0.343 e. The van der Waals surface area contributed by atoms with Crippen LogP contribution in [0.2, 0.25) is 0 Å². The lowest BCUT2D eigenvalue weighted by Crippen LogP contribution is -2.26. The molecule has 0 radical (unpaired) electrons. The molecule has 1 aromatic heterocycles. The molecule has 0 aliphatic rings. The summed E-state index contributed by atoms with van der Waals surface area (Å²) in [4.78, 5) is 25.9. The smallest absolute Gasteiger partial charge is 0.343 e. The Labute approximate surface area is 194 Å². The predicted molar refractivity (Wildman–Crippen MR) is 130 cm³/mol. The van der Waals surface area contributed by atoms with Gasteiger partial charge in [-0.05, 0) is 49.8 Å². The van der Waals surface area contributed by atoms with E-state index in [0.717, 1.165) is 12.0 Å². The van der Waals surface area contributed by atoms with Crippen molar-refractivity contribution in [2.24, 2.45) is 5.92 Å².